The zero-order chi connectivity index (χ0) is 16.1. The number of carbonyl (C=O) groups is 1. The Hall–Kier alpha value is -1.81. The van der Waals surface area contributed by atoms with Gasteiger partial charge in [0.15, 0.2) is 0 Å². The van der Waals surface area contributed by atoms with Crippen molar-refractivity contribution in [2.45, 2.75) is 46.8 Å². The Kier molecular flexibility index (Phi) is 5.61. The van der Waals surface area contributed by atoms with Gasteiger partial charge in [-0.3, -0.25) is 4.79 Å². The monoisotopic (exact) mass is 317 g/mol. The highest BCUT2D eigenvalue weighted by Gasteiger charge is 2.11. The van der Waals surface area contributed by atoms with E-state index in [2.05, 4.69) is 32.2 Å². The molecule has 22 heavy (non-hydrogen) atoms. The van der Waals surface area contributed by atoms with E-state index in [1.807, 2.05) is 30.5 Å². The van der Waals surface area contributed by atoms with Crippen LogP contribution in [0.1, 0.15) is 46.6 Å². The first-order valence-electron chi connectivity index (χ1n) is 7.57. The van der Waals surface area contributed by atoms with Gasteiger partial charge >= 0.3 is 0 Å². The van der Waals surface area contributed by atoms with Crippen LogP contribution in [0.2, 0.25) is 0 Å². The molecule has 0 aliphatic heterocycles. The van der Waals surface area contributed by atoms with Gasteiger partial charge in [0.05, 0.1) is 4.88 Å². The maximum atomic E-state index is 12.0. The molecule has 0 saturated carbocycles. The molecule has 1 amide bonds. The number of carbonyl (C=O) groups excluding carboxylic acids is 1. The standard InChI is InChI=1S/C18H23NO2S/c1-5-14(4)19-18(20)17-9-15(11-22-17)10-21-16-7-12(2)6-13(3)8-16/h6-9,11,14H,5,10H2,1-4H3,(H,19,20). The third-order valence-corrected chi connectivity index (χ3v) is 4.45. The molecule has 1 atom stereocenters. The van der Waals surface area contributed by atoms with E-state index in [9.17, 15) is 4.79 Å². The van der Waals surface area contributed by atoms with E-state index in [1.165, 1.54) is 22.5 Å². The van der Waals surface area contributed by atoms with Crippen LogP contribution in [0.5, 0.6) is 5.75 Å². The number of benzene rings is 1. The predicted octanol–water partition coefficient (Wildman–Crippen LogP) is 4.47. The molecule has 1 unspecified atom stereocenters. The lowest BCUT2D eigenvalue weighted by Crippen LogP contribution is -2.31. The van der Waals surface area contributed by atoms with Crippen LogP contribution in [0.15, 0.2) is 29.6 Å². The average Bonchev–Trinajstić information content (AvgIpc) is 2.93. The molecule has 2 aromatic rings. The summed E-state index contributed by atoms with van der Waals surface area (Å²) >= 11 is 1.46. The van der Waals surface area contributed by atoms with Crippen LogP contribution in [0.25, 0.3) is 0 Å². The van der Waals surface area contributed by atoms with E-state index in [1.54, 1.807) is 0 Å². The molecule has 0 saturated heterocycles. The summed E-state index contributed by atoms with van der Waals surface area (Å²) in [5.41, 5.74) is 3.40. The number of ether oxygens (including phenoxy) is 1. The number of hydrogen-bond acceptors (Lipinski definition) is 3. The van der Waals surface area contributed by atoms with Gasteiger partial charge in [-0.25, -0.2) is 0 Å². The molecule has 1 heterocycles. The number of hydrogen-bond donors (Lipinski definition) is 1. The second-order valence-electron chi connectivity index (χ2n) is 5.71. The highest BCUT2D eigenvalue weighted by Crippen LogP contribution is 2.20. The lowest BCUT2D eigenvalue weighted by atomic mass is 10.1. The topological polar surface area (TPSA) is 38.3 Å². The number of aryl methyl sites for hydroxylation is 2. The van der Waals surface area contributed by atoms with Crippen LogP contribution in [0.3, 0.4) is 0 Å². The molecular formula is C18H23NO2S. The number of thiophene rings is 1. The van der Waals surface area contributed by atoms with Gasteiger partial charge in [-0.05, 0) is 61.9 Å². The molecule has 4 heteroatoms. The van der Waals surface area contributed by atoms with Gasteiger partial charge < -0.3 is 10.1 Å². The lowest BCUT2D eigenvalue weighted by molar-refractivity contribution is 0.0943. The Balaban J connectivity index is 1.96. The molecule has 0 bridgehead atoms. The van der Waals surface area contributed by atoms with Crippen molar-refractivity contribution in [3.63, 3.8) is 0 Å². The quantitative estimate of drug-likeness (QED) is 0.853. The number of nitrogens with one attached hydrogen (secondary N) is 1. The van der Waals surface area contributed by atoms with E-state index in [-0.39, 0.29) is 11.9 Å². The van der Waals surface area contributed by atoms with Gasteiger partial charge in [-0.15, -0.1) is 11.3 Å². The predicted molar refractivity (Wildman–Crippen MR) is 91.8 cm³/mol. The van der Waals surface area contributed by atoms with Crippen LogP contribution < -0.4 is 10.1 Å². The maximum absolute atomic E-state index is 12.0. The molecule has 2 rings (SSSR count). The Labute approximate surface area is 136 Å². The number of rotatable bonds is 6. The largest absolute Gasteiger partial charge is 0.489 e. The third kappa shape index (κ3) is 4.60. The Morgan fingerprint density at radius 3 is 2.55 bits per heavy atom. The maximum Gasteiger partial charge on any atom is 0.261 e. The second-order valence-corrected chi connectivity index (χ2v) is 6.63. The van der Waals surface area contributed by atoms with E-state index in [0.717, 1.165) is 22.6 Å². The molecule has 118 valence electrons. The summed E-state index contributed by atoms with van der Waals surface area (Å²) in [5.74, 6) is 0.867. The van der Waals surface area contributed by atoms with Gasteiger partial charge in [-0.2, -0.15) is 0 Å². The third-order valence-electron chi connectivity index (χ3n) is 3.47. The lowest BCUT2D eigenvalue weighted by Gasteiger charge is -2.09. The Morgan fingerprint density at radius 1 is 1.23 bits per heavy atom. The fourth-order valence-electron chi connectivity index (χ4n) is 2.15. The van der Waals surface area contributed by atoms with E-state index in [0.29, 0.717) is 6.61 Å². The first kappa shape index (κ1) is 16.6. The van der Waals surface area contributed by atoms with Crippen LogP contribution in [-0.2, 0) is 6.61 Å². The average molecular weight is 317 g/mol. The van der Waals surface area contributed by atoms with Gasteiger partial charge in [-0.1, -0.05) is 13.0 Å². The van der Waals surface area contributed by atoms with Crippen molar-refractivity contribution in [3.8, 4) is 5.75 Å². The fraction of sp³-hybridized carbons (Fsp3) is 0.389. The number of amides is 1. The van der Waals surface area contributed by atoms with Crippen LogP contribution in [0.4, 0.5) is 0 Å². The molecule has 0 spiro atoms. The van der Waals surface area contributed by atoms with Gasteiger partial charge in [0.2, 0.25) is 0 Å². The minimum atomic E-state index is -0.00278. The molecule has 0 radical (unpaired) electrons. The zero-order valence-electron chi connectivity index (χ0n) is 13.6. The molecule has 1 aromatic carbocycles. The highest BCUT2D eigenvalue weighted by atomic mass is 32.1. The van der Waals surface area contributed by atoms with Crippen LogP contribution in [0, 0.1) is 13.8 Å². The Bertz CT molecular complexity index is 628. The van der Waals surface area contributed by atoms with E-state index < -0.39 is 0 Å². The highest BCUT2D eigenvalue weighted by molar-refractivity contribution is 7.12. The summed E-state index contributed by atoms with van der Waals surface area (Å²) in [4.78, 5) is 12.8. The first-order valence-corrected chi connectivity index (χ1v) is 8.45. The zero-order valence-corrected chi connectivity index (χ0v) is 14.4. The van der Waals surface area contributed by atoms with Crippen molar-refractivity contribution < 1.29 is 9.53 Å². The van der Waals surface area contributed by atoms with E-state index in [4.69, 9.17) is 4.74 Å². The van der Waals surface area contributed by atoms with Crippen molar-refractivity contribution >= 4 is 17.2 Å². The van der Waals surface area contributed by atoms with Gasteiger partial charge in [0, 0.05) is 11.6 Å². The van der Waals surface area contributed by atoms with Crippen LogP contribution >= 0.6 is 11.3 Å². The molecular weight excluding hydrogens is 294 g/mol. The van der Waals surface area contributed by atoms with E-state index >= 15 is 0 Å². The molecule has 0 aliphatic rings. The van der Waals surface area contributed by atoms with Crippen molar-refractivity contribution in [2.24, 2.45) is 0 Å². The summed E-state index contributed by atoms with van der Waals surface area (Å²) < 4.78 is 5.82. The molecule has 3 nitrogen and oxygen atoms in total. The van der Waals surface area contributed by atoms with Gasteiger partial charge in [0.1, 0.15) is 12.4 Å². The molecule has 1 aromatic heterocycles. The summed E-state index contributed by atoms with van der Waals surface area (Å²) in [6.07, 6.45) is 0.930. The Morgan fingerprint density at radius 2 is 1.91 bits per heavy atom. The van der Waals surface area contributed by atoms with Crippen molar-refractivity contribution in [3.05, 3.63) is 51.2 Å². The first-order chi connectivity index (χ1) is 10.5. The molecule has 0 aliphatic carbocycles. The summed E-state index contributed by atoms with van der Waals surface area (Å²) in [5, 5.41) is 4.96. The van der Waals surface area contributed by atoms with Crippen molar-refractivity contribution in [2.75, 3.05) is 0 Å². The smallest absolute Gasteiger partial charge is 0.261 e. The second kappa shape index (κ2) is 7.45. The minimum absolute atomic E-state index is 0.00278. The fourth-order valence-corrected chi connectivity index (χ4v) is 2.95. The van der Waals surface area contributed by atoms with Crippen LogP contribution in [-0.4, -0.2) is 11.9 Å². The summed E-state index contributed by atoms with van der Waals surface area (Å²) in [7, 11) is 0. The summed E-state index contributed by atoms with van der Waals surface area (Å²) in [6.45, 7) is 8.66. The minimum Gasteiger partial charge on any atom is -0.489 e. The molecule has 1 N–H and O–H groups in total. The van der Waals surface area contributed by atoms with Crippen molar-refractivity contribution in [1.29, 1.82) is 0 Å². The van der Waals surface area contributed by atoms with Crippen molar-refractivity contribution in [1.82, 2.24) is 5.32 Å². The normalized spacial score (nSPS) is 12.0. The SMILES string of the molecule is CCC(C)NC(=O)c1cc(COc2cc(C)cc(C)c2)cs1. The molecule has 0 fully saturated rings. The summed E-state index contributed by atoms with van der Waals surface area (Å²) in [6, 6.07) is 8.27. The van der Waals surface area contributed by atoms with Gasteiger partial charge in [0.25, 0.3) is 5.91 Å².